The van der Waals surface area contributed by atoms with E-state index < -0.39 is 5.82 Å². The summed E-state index contributed by atoms with van der Waals surface area (Å²) >= 11 is 0. The fourth-order valence-electron chi connectivity index (χ4n) is 0.979. The van der Waals surface area contributed by atoms with Crippen molar-refractivity contribution in [3.8, 4) is 6.07 Å². The van der Waals surface area contributed by atoms with Crippen LogP contribution in [0.4, 0.5) is 4.39 Å². The highest BCUT2D eigenvalue weighted by atomic mass is 19.1. The lowest BCUT2D eigenvalue weighted by Gasteiger charge is -2.02. The van der Waals surface area contributed by atoms with E-state index in [1.165, 1.54) is 12.1 Å². The maximum absolute atomic E-state index is 12.9. The molecule has 1 aromatic carbocycles. The molecule has 62 valence electrons. The van der Waals surface area contributed by atoms with Crippen LogP contribution in [0, 0.1) is 24.1 Å². The maximum atomic E-state index is 12.9. The van der Waals surface area contributed by atoms with E-state index in [1.54, 1.807) is 13.0 Å². The highest BCUT2D eigenvalue weighted by Crippen LogP contribution is 2.14. The zero-order valence-corrected chi connectivity index (χ0v) is 6.63. The van der Waals surface area contributed by atoms with Gasteiger partial charge in [0.2, 0.25) is 0 Å². The lowest BCUT2D eigenvalue weighted by Crippen LogP contribution is -1.93. The van der Waals surface area contributed by atoms with Gasteiger partial charge in [0.15, 0.2) is 0 Å². The largest absolute Gasteiger partial charge is 0.392 e. The molecule has 0 aliphatic rings. The Hall–Kier alpha value is -1.40. The Balaban J connectivity index is 3.28. The van der Waals surface area contributed by atoms with Gasteiger partial charge in [0.25, 0.3) is 0 Å². The molecule has 1 aromatic rings. The fraction of sp³-hybridized carbons (Fsp3) is 0.222. The summed E-state index contributed by atoms with van der Waals surface area (Å²) in [6, 6.07) is 4.35. The molecule has 0 aromatic heterocycles. The SMILES string of the molecule is Cc1cc(C#N)c(F)cc1CO. The van der Waals surface area contributed by atoms with Gasteiger partial charge in [0.1, 0.15) is 11.9 Å². The second-order valence-corrected chi connectivity index (χ2v) is 2.53. The number of nitriles is 1. The van der Waals surface area contributed by atoms with E-state index in [0.29, 0.717) is 5.56 Å². The average Bonchev–Trinajstić information content (AvgIpc) is 2.08. The molecule has 0 heterocycles. The Morgan fingerprint density at radius 2 is 2.25 bits per heavy atom. The van der Waals surface area contributed by atoms with Gasteiger partial charge in [0.05, 0.1) is 12.2 Å². The van der Waals surface area contributed by atoms with E-state index in [9.17, 15) is 4.39 Å². The Kier molecular flexibility index (Phi) is 2.41. The van der Waals surface area contributed by atoms with E-state index >= 15 is 0 Å². The van der Waals surface area contributed by atoms with Crippen LogP contribution in [0.25, 0.3) is 0 Å². The number of hydrogen-bond acceptors (Lipinski definition) is 2. The van der Waals surface area contributed by atoms with Gasteiger partial charge >= 0.3 is 0 Å². The van der Waals surface area contributed by atoms with E-state index in [0.717, 1.165) is 5.56 Å². The number of halogens is 1. The molecule has 0 unspecified atom stereocenters. The van der Waals surface area contributed by atoms with Gasteiger partial charge in [-0.3, -0.25) is 0 Å². The van der Waals surface area contributed by atoms with Gasteiger partial charge < -0.3 is 5.11 Å². The predicted octanol–water partition coefficient (Wildman–Crippen LogP) is 1.50. The van der Waals surface area contributed by atoms with E-state index in [-0.39, 0.29) is 12.2 Å². The Bertz CT molecular complexity index is 340. The standard InChI is InChI=1S/C9H8FNO/c1-6-2-7(4-11)9(10)3-8(6)5-12/h2-3,12H,5H2,1H3. The molecule has 0 aliphatic carbocycles. The van der Waals surface area contributed by atoms with E-state index in [1.807, 2.05) is 0 Å². The number of aryl methyl sites for hydroxylation is 1. The van der Waals surface area contributed by atoms with Crippen molar-refractivity contribution < 1.29 is 9.50 Å². The Labute approximate surface area is 69.9 Å². The third-order valence-electron chi connectivity index (χ3n) is 1.72. The van der Waals surface area contributed by atoms with Crippen LogP contribution < -0.4 is 0 Å². The zero-order chi connectivity index (χ0) is 9.14. The second kappa shape index (κ2) is 3.33. The normalized spacial score (nSPS) is 9.50. The van der Waals surface area contributed by atoms with Gasteiger partial charge in [-0.1, -0.05) is 0 Å². The molecule has 0 atom stereocenters. The molecule has 0 spiro atoms. The predicted molar refractivity (Wildman–Crippen MR) is 41.8 cm³/mol. The summed E-state index contributed by atoms with van der Waals surface area (Å²) in [7, 11) is 0. The minimum Gasteiger partial charge on any atom is -0.392 e. The summed E-state index contributed by atoms with van der Waals surface area (Å²) in [5.74, 6) is -0.577. The third-order valence-corrected chi connectivity index (χ3v) is 1.72. The Morgan fingerprint density at radius 3 is 2.75 bits per heavy atom. The molecular formula is C9H8FNO. The fourth-order valence-corrected chi connectivity index (χ4v) is 0.979. The topological polar surface area (TPSA) is 44.0 Å². The van der Waals surface area contributed by atoms with Crippen LogP contribution in [-0.4, -0.2) is 5.11 Å². The minimum absolute atomic E-state index is 0.0182. The molecular weight excluding hydrogens is 157 g/mol. The maximum Gasteiger partial charge on any atom is 0.141 e. The van der Waals surface area contributed by atoms with Crippen LogP contribution in [0.1, 0.15) is 16.7 Å². The second-order valence-electron chi connectivity index (χ2n) is 2.53. The number of nitrogens with zero attached hydrogens (tertiary/aromatic N) is 1. The molecule has 3 heteroatoms. The van der Waals surface area contributed by atoms with Crippen molar-refractivity contribution in [2.75, 3.05) is 0 Å². The van der Waals surface area contributed by atoms with Crippen molar-refractivity contribution in [1.82, 2.24) is 0 Å². The van der Waals surface area contributed by atoms with Gasteiger partial charge in [-0.25, -0.2) is 4.39 Å². The molecule has 0 fully saturated rings. The van der Waals surface area contributed by atoms with Gasteiger partial charge in [-0.2, -0.15) is 5.26 Å². The summed E-state index contributed by atoms with van der Waals surface area (Å²) in [6.07, 6.45) is 0. The van der Waals surface area contributed by atoms with E-state index in [2.05, 4.69) is 0 Å². The molecule has 0 saturated carbocycles. The third kappa shape index (κ3) is 1.44. The summed E-state index contributed by atoms with van der Waals surface area (Å²) in [5.41, 5.74) is 1.27. The van der Waals surface area contributed by atoms with Crippen LogP contribution >= 0.6 is 0 Å². The molecule has 1 rings (SSSR count). The minimum atomic E-state index is -0.577. The van der Waals surface area contributed by atoms with Crippen molar-refractivity contribution in [1.29, 1.82) is 5.26 Å². The molecule has 0 amide bonds. The van der Waals surface area contributed by atoms with Crippen LogP contribution in [0.5, 0.6) is 0 Å². The molecule has 12 heavy (non-hydrogen) atoms. The molecule has 0 aliphatic heterocycles. The van der Waals surface area contributed by atoms with Crippen molar-refractivity contribution in [2.24, 2.45) is 0 Å². The highest BCUT2D eigenvalue weighted by molar-refractivity contribution is 5.38. The lowest BCUT2D eigenvalue weighted by molar-refractivity contribution is 0.280. The summed E-state index contributed by atoms with van der Waals surface area (Å²) in [6.45, 7) is 1.53. The first kappa shape index (κ1) is 8.69. The van der Waals surface area contributed by atoms with Gasteiger partial charge in [-0.15, -0.1) is 0 Å². The number of benzene rings is 1. The number of rotatable bonds is 1. The smallest absolute Gasteiger partial charge is 0.141 e. The Morgan fingerprint density at radius 1 is 1.58 bits per heavy atom. The van der Waals surface area contributed by atoms with Crippen molar-refractivity contribution in [3.05, 3.63) is 34.6 Å². The van der Waals surface area contributed by atoms with E-state index in [4.69, 9.17) is 10.4 Å². The van der Waals surface area contributed by atoms with Crippen molar-refractivity contribution in [2.45, 2.75) is 13.5 Å². The van der Waals surface area contributed by atoms with Gasteiger partial charge in [-0.05, 0) is 30.2 Å². The first-order chi connectivity index (χ1) is 5.69. The van der Waals surface area contributed by atoms with Crippen molar-refractivity contribution in [3.63, 3.8) is 0 Å². The van der Waals surface area contributed by atoms with Crippen LogP contribution in [0.15, 0.2) is 12.1 Å². The summed E-state index contributed by atoms with van der Waals surface area (Å²) in [5, 5.41) is 17.2. The van der Waals surface area contributed by atoms with Crippen LogP contribution in [0.3, 0.4) is 0 Å². The zero-order valence-electron chi connectivity index (χ0n) is 6.63. The van der Waals surface area contributed by atoms with Gasteiger partial charge in [0, 0.05) is 0 Å². The first-order valence-electron chi connectivity index (χ1n) is 3.49. The van der Waals surface area contributed by atoms with Crippen LogP contribution in [0.2, 0.25) is 0 Å². The monoisotopic (exact) mass is 165 g/mol. The number of aliphatic hydroxyl groups excluding tert-OH is 1. The first-order valence-corrected chi connectivity index (χ1v) is 3.49. The summed E-state index contributed by atoms with van der Waals surface area (Å²) < 4.78 is 12.9. The quantitative estimate of drug-likeness (QED) is 0.685. The number of hydrogen-bond donors (Lipinski definition) is 1. The summed E-state index contributed by atoms with van der Waals surface area (Å²) in [4.78, 5) is 0. The molecule has 0 radical (unpaired) electrons. The highest BCUT2D eigenvalue weighted by Gasteiger charge is 2.05. The molecule has 2 nitrogen and oxygen atoms in total. The average molecular weight is 165 g/mol. The molecule has 1 N–H and O–H groups in total. The molecule has 0 bridgehead atoms. The molecule has 0 saturated heterocycles. The lowest BCUT2D eigenvalue weighted by atomic mass is 10.1. The van der Waals surface area contributed by atoms with Crippen molar-refractivity contribution >= 4 is 0 Å². The number of aliphatic hydroxyl groups is 1. The van der Waals surface area contributed by atoms with Crippen LogP contribution in [-0.2, 0) is 6.61 Å².